The Morgan fingerprint density at radius 1 is 1.20 bits per heavy atom. The molecule has 2 N–H and O–H groups in total. The van der Waals surface area contributed by atoms with E-state index in [2.05, 4.69) is 0 Å². The molecule has 1 saturated heterocycles. The van der Waals surface area contributed by atoms with Gasteiger partial charge in [-0.1, -0.05) is 0 Å². The average Bonchev–Trinajstić information content (AvgIpc) is 2.51. The molecule has 1 aromatic rings. The molecule has 0 amide bonds. The molecule has 0 aromatic heterocycles. The highest BCUT2D eigenvalue weighted by atomic mass is 19.1. The summed E-state index contributed by atoms with van der Waals surface area (Å²) in [5.41, 5.74) is 6.34. The van der Waals surface area contributed by atoms with Gasteiger partial charge in [0.05, 0.1) is 11.2 Å². The summed E-state index contributed by atoms with van der Waals surface area (Å²) < 4.78 is 33.4. The van der Waals surface area contributed by atoms with Crippen LogP contribution in [0, 0.1) is 24.5 Å². The standard InChI is InChI=1S/C16H23F2NO/c1-9-6-10(13(18)7-12(9)17)14(19)11-8-15(2,3)20-16(11,4)5/h6-7,11,14H,8,19H2,1-5H3. The van der Waals surface area contributed by atoms with Gasteiger partial charge in [-0.2, -0.15) is 0 Å². The van der Waals surface area contributed by atoms with Crippen molar-refractivity contribution in [3.63, 3.8) is 0 Å². The molecule has 1 fully saturated rings. The van der Waals surface area contributed by atoms with Crippen LogP contribution in [0.3, 0.4) is 0 Å². The van der Waals surface area contributed by atoms with Crippen molar-refractivity contribution in [2.45, 2.75) is 58.3 Å². The van der Waals surface area contributed by atoms with Gasteiger partial charge < -0.3 is 10.5 Å². The summed E-state index contributed by atoms with van der Waals surface area (Å²) in [6.45, 7) is 9.58. The first-order chi connectivity index (χ1) is 9.03. The SMILES string of the molecule is Cc1cc(C(N)C2CC(C)(C)OC2(C)C)c(F)cc1F. The highest BCUT2D eigenvalue weighted by Crippen LogP contribution is 2.47. The Bertz CT molecular complexity index is 525. The minimum atomic E-state index is -0.582. The third-order valence-electron chi connectivity index (χ3n) is 4.21. The maximum absolute atomic E-state index is 14.0. The molecule has 2 nitrogen and oxygen atoms in total. The molecule has 1 aliphatic rings. The van der Waals surface area contributed by atoms with Crippen LogP contribution in [0.25, 0.3) is 0 Å². The zero-order chi connectivity index (χ0) is 15.3. The van der Waals surface area contributed by atoms with E-state index in [4.69, 9.17) is 10.5 Å². The van der Waals surface area contributed by atoms with Gasteiger partial charge in [0, 0.05) is 23.6 Å². The van der Waals surface area contributed by atoms with Gasteiger partial charge in [0.25, 0.3) is 0 Å². The van der Waals surface area contributed by atoms with E-state index in [9.17, 15) is 8.78 Å². The second-order valence-corrected chi connectivity index (χ2v) is 6.92. The highest BCUT2D eigenvalue weighted by molar-refractivity contribution is 5.29. The van der Waals surface area contributed by atoms with Gasteiger partial charge >= 0.3 is 0 Å². The maximum Gasteiger partial charge on any atom is 0.130 e. The fourth-order valence-electron chi connectivity index (χ4n) is 3.32. The number of benzene rings is 1. The second kappa shape index (κ2) is 4.78. The Morgan fingerprint density at radius 3 is 2.30 bits per heavy atom. The van der Waals surface area contributed by atoms with E-state index in [0.717, 1.165) is 12.5 Å². The predicted octanol–water partition coefficient (Wildman–Crippen LogP) is 3.87. The van der Waals surface area contributed by atoms with Gasteiger partial charge in [-0.3, -0.25) is 0 Å². The van der Waals surface area contributed by atoms with E-state index in [-0.39, 0.29) is 11.5 Å². The Hall–Kier alpha value is -1.00. The van der Waals surface area contributed by atoms with Crippen molar-refractivity contribution in [2.75, 3.05) is 0 Å². The van der Waals surface area contributed by atoms with Crippen LogP contribution >= 0.6 is 0 Å². The van der Waals surface area contributed by atoms with Gasteiger partial charge in [0.1, 0.15) is 11.6 Å². The zero-order valence-electron chi connectivity index (χ0n) is 12.8. The molecule has 2 atom stereocenters. The van der Waals surface area contributed by atoms with Crippen LogP contribution in [-0.2, 0) is 4.74 Å². The molecular weight excluding hydrogens is 260 g/mol. The number of hydrogen-bond acceptors (Lipinski definition) is 2. The number of hydrogen-bond donors (Lipinski definition) is 1. The summed E-state index contributed by atoms with van der Waals surface area (Å²) in [6.07, 6.45) is 0.747. The van der Waals surface area contributed by atoms with Crippen LogP contribution in [0.2, 0.25) is 0 Å². The summed E-state index contributed by atoms with van der Waals surface area (Å²) in [4.78, 5) is 0. The quantitative estimate of drug-likeness (QED) is 0.894. The van der Waals surface area contributed by atoms with Crippen LogP contribution < -0.4 is 5.73 Å². The number of aryl methyl sites for hydroxylation is 1. The normalized spacial score (nSPS) is 25.7. The molecule has 4 heteroatoms. The summed E-state index contributed by atoms with van der Waals surface area (Å²) in [6, 6.07) is 1.92. The van der Waals surface area contributed by atoms with Crippen LogP contribution in [0.15, 0.2) is 12.1 Å². The number of ether oxygens (including phenoxy) is 1. The Balaban J connectivity index is 2.37. The van der Waals surface area contributed by atoms with Crippen molar-refractivity contribution in [3.8, 4) is 0 Å². The summed E-state index contributed by atoms with van der Waals surface area (Å²) in [7, 11) is 0. The van der Waals surface area contributed by atoms with Crippen LogP contribution in [0.1, 0.15) is 51.3 Å². The first kappa shape index (κ1) is 15.4. The maximum atomic E-state index is 14.0. The third kappa shape index (κ3) is 2.72. The lowest BCUT2D eigenvalue weighted by Gasteiger charge is -2.31. The fraction of sp³-hybridized carbons (Fsp3) is 0.625. The lowest BCUT2D eigenvalue weighted by atomic mass is 9.79. The average molecular weight is 283 g/mol. The summed E-state index contributed by atoms with van der Waals surface area (Å²) in [5, 5.41) is 0. The Kier molecular flexibility index (Phi) is 3.68. The Labute approximate surface area is 119 Å². The number of nitrogens with two attached hydrogens (primary N) is 1. The lowest BCUT2D eigenvalue weighted by molar-refractivity contribution is -0.0768. The van der Waals surface area contributed by atoms with E-state index in [0.29, 0.717) is 11.1 Å². The number of halogens is 2. The van der Waals surface area contributed by atoms with Crippen molar-refractivity contribution in [2.24, 2.45) is 11.7 Å². The van der Waals surface area contributed by atoms with Crippen LogP contribution in [0.5, 0.6) is 0 Å². The first-order valence-corrected chi connectivity index (χ1v) is 6.95. The molecule has 2 unspecified atom stereocenters. The van der Waals surface area contributed by atoms with Crippen molar-refractivity contribution in [3.05, 3.63) is 34.9 Å². The molecule has 0 saturated carbocycles. The smallest absolute Gasteiger partial charge is 0.130 e. The van der Waals surface area contributed by atoms with Gasteiger partial charge in [-0.25, -0.2) is 8.78 Å². The van der Waals surface area contributed by atoms with E-state index in [1.165, 1.54) is 6.07 Å². The summed E-state index contributed by atoms with van der Waals surface area (Å²) >= 11 is 0. The Morgan fingerprint density at radius 2 is 1.80 bits per heavy atom. The highest BCUT2D eigenvalue weighted by Gasteiger charge is 2.48. The molecule has 0 aliphatic carbocycles. The van der Waals surface area contributed by atoms with Crippen LogP contribution in [0.4, 0.5) is 8.78 Å². The van der Waals surface area contributed by atoms with Crippen molar-refractivity contribution >= 4 is 0 Å². The van der Waals surface area contributed by atoms with E-state index in [1.807, 2.05) is 27.7 Å². The van der Waals surface area contributed by atoms with E-state index < -0.39 is 23.3 Å². The molecule has 0 spiro atoms. The third-order valence-corrected chi connectivity index (χ3v) is 4.21. The minimum Gasteiger partial charge on any atom is -0.369 e. The second-order valence-electron chi connectivity index (χ2n) is 6.92. The van der Waals surface area contributed by atoms with Crippen molar-refractivity contribution < 1.29 is 13.5 Å². The molecular formula is C16H23F2NO. The molecule has 0 radical (unpaired) electrons. The van der Waals surface area contributed by atoms with E-state index >= 15 is 0 Å². The van der Waals surface area contributed by atoms with Gasteiger partial charge in [-0.05, 0) is 52.7 Å². The molecule has 1 heterocycles. The molecule has 20 heavy (non-hydrogen) atoms. The largest absolute Gasteiger partial charge is 0.369 e. The van der Waals surface area contributed by atoms with Gasteiger partial charge in [-0.15, -0.1) is 0 Å². The molecule has 2 rings (SSSR count). The minimum absolute atomic E-state index is 0.0168. The fourth-order valence-corrected chi connectivity index (χ4v) is 3.32. The summed E-state index contributed by atoms with van der Waals surface area (Å²) in [5.74, 6) is -1.14. The van der Waals surface area contributed by atoms with Crippen molar-refractivity contribution in [1.82, 2.24) is 0 Å². The lowest BCUT2D eigenvalue weighted by Crippen LogP contribution is -2.36. The molecule has 0 bridgehead atoms. The predicted molar refractivity (Wildman–Crippen MR) is 75.4 cm³/mol. The van der Waals surface area contributed by atoms with Gasteiger partial charge in [0.2, 0.25) is 0 Å². The number of rotatable bonds is 2. The molecule has 112 valence electrons. The van der Waals surface area contributed by atoms with Gasteiger partial charge in [0.15, 0.2) is 0 Å². The van der Waals surface area contributed by atoms with E-state index in [1.54, 1.807) is 6.92 Å². The van der Waals surface area contributed by atoms with Crippen molar-refractivity contribution in [1.29, 1.82) is 0 Å². The molecule has 1 aromatic carbocycles. The first-order valence-electron chi connectivity index (χ1n) is 6.95. The molecule has 1 aliphatic heterocycles. The van der Waals surface area contributed by atoms with Crippen LogP contribution in [-0.4, -0.2) is 11.2 Å². The topological polar surface area (TPSA) is 35.2 Å². The zero-order valence-corrected chi connectivity index (χ0v) is 12.8. The monoisotopic (exact) mass is 283 g/mol.